The van der Waals surface area contributed by atoms with Gasteiger partial charge in [-0.2, -0.15) is 0 Å². The maximum absolute atomic E-state index is 12.4. The molecule has 2 N–H and O–H groups in total. The molecule has 1 aromatic heterocycles. The highest BCUT2D eigenvalue weighted by atomic mass is 32.2. The molecule has 1 aliphatic rings. The largest absolute Gasteiger partial charge is 0.337 e. The van der Waals surface area contributed by atoms with E-state index in [1.165, 1.54) is 0 Å². The monoisotopic (exact) mass is 376 g/mol. The summed E-state index contributed by atoms with van der Waals surface area (Å²) in [4.78, 5) is 24.6. The van der Waals surface area contributed by atoms with Crippen LogP contribution in [0.15, 0.2) is 42.7 Å². The normalized spacial score (nSPS) is 14.8. The summed E-state index contributed by atoms with van der Waals surface area (Å²) in [6, 6.07) is 8.12. The molecule has 0 radical (unpaired) electrons. The Morgan fingerprint density at radius 3 is 2.35 bits per heavy atom. The first-order valence-electron chi connectivity index (χ1n) is 8.06. The average molecular weight is 376 g/mol. The molecule has 1 aromatic carbocycles. The lowest BCUT2D eigenvalue weighted by atomic mass is 10.3. The van der Waals surface area contributed by atoms with Gasteiger partial charge >= 0.3 is 6.03 Å². The quantitative estimate of drug-likeness (QED) is 0.830. The molecule has 0 bridgehead atoms. The van der Waals surface area contributed by atoms with Crippen LogP contribution in [0.4, 0.5) is 22.1 Å². The van der Waals surface area contributed by atoms with Crippen molar-refractivity contribution in [2.24, 2.45) is 0 Å². The van der Waals surface area contributed by atoms with E-state index >= 15 is 0 Å². The smallest absolute Gasteiger partial charge is 0.321 e. The van der Waals surface area contributed by atoms with Crippen LogP contribution in [0.25, 0.3) is 0 Å². The molecule has 3 rings (SSSR count). The van der Waals surface area contributed by atoms with E-state index in [0.717, 1.165) is 6.26 Å². The number of hydrogen-bond acceptors (Lipinski definition) is 6. The Morgan fingerprint density at radius 1 is 1.04 bits per heavy atom. The maximum atomic E-state index is 12.4. The highest BCUT2D eigenvalue weighted by Crippen LogP contribution is 2.17. The fourth-order valence-electron chi connectivity index (χ4n) is 2.64. The van der Waals surface area contributed by atoms with Gasteiger partial charge in [-0.1, -0.05) is 6.07 Å². The highest BCUT2D eigenvalue weighted by molar-refractivity contribution is 7.92. The summed E-state index contributed by atoms with van der Waals surface area (Å²) in [5.74, 6) is 0.659. The highest BCUT2D eigenvalue weighted by Gasteiger charge is 2.22. The molecule has 1 fully saturated rings. The minimum atomic E-state index is -3.37. The van der Waals surface area contributed by atoms with Gasteiger partial charge in [-0.25, -0.2) is 23.2 Å². The van der Waals surface area contributed by atoms with Crippen molar-refractivity contribution in [1.29, 1.82) is 0 Å². The number of amides is 2. The van der Waals surface area contributed by atoms with Gasteiger partial charge in [0.1, 0.15) is 0 Å². The molecule has 2 amide bonds. The van der Waals surface area contributed by atoms with Crippen LogP contribution >= 0.6 is 0 Å². The topological polar surface area (TPSA) is 108 Å². The molecule has 0 aliphatic carbocycles. The van der Waals surface area contributed by atoms with E-state index in [4.69, 9.17) is 0 Å². The van der Waals surface area contributed by atoms with Crippen LogP contribution in [0.2, 0.25) is 0 Å². The van der Waals surface area contributed by atoms with Crippen molar-refractivity contribution >= 4 is 33.4 Å². The Hall–Kier alpha value is -2.88. The molecule has 9 nitrogen and oxygen atoms in total. The first-order chi connectivity index (χ1) is 12.4. The summed E-state index contributed by atoms with van der Waals surface area (Å²) < 4.78 is 25.0. The van der Waals surface area contributed by atoms with Crippen LogP contribution in [-0.4, -0.2) is 61.8 Å². The predicted molar refractivity (Wildman–Crippen MR) is 99.7 cm³/mol. The number of rotatable bonds is 4. The molecular formula is C16H20N6O3S. The number of carbonyl (C=O) groups excluding carboxylic acids is 1. The Labute approximate surface area is 152 Å². The third-order valence-corrected chi connectivity index (χ3v) is 4.43. The number of nitrogens with zero attached hydrogens (tertiary/aromatic N) is 4. The average Bonchev–Trinajstić information content (AvgIpc) is 2.61. The Bertz CT molecular complexity index is 867. The van der Waals surface area contributed by atoms with Crippen molar-refractivity contribution < 1.29 is 13.2 Å². The standard InChI is InChI=1S/C16H20N6O3S/c1-26(24,25)20-14-5-2-4-13(12-14)19-16(23)22-10-8-21(9-11-22)15-17-6-3-7-18-15/h2-7,12,20H,8-11H2,1H3,(H,19,23). The Balaban J connectivity index is 1.57. The lowest BCUT2D eigenvalue weighted by Crippen LogP contribution is -2.50. The number of carbonyl (C=O) groups is 1. The lowest BCUT2D eigenvalue weighted by Gasteiger charge is -2.34. The number of anilines is 3. The van der Waals surface area contributed by atoms with Crippen molar-refractivity contribution in [3.05, 3.63) is 42.7 Å². The second kappa shape index (κ2) is 7.56. The number of aromatic nitrogens is 2. The van der Waals surface area contributed by atoms with E-state index in [1.54, 1.807) is 47.6 Å². The SMILES string of the molecule is CS(=O)(=O)Nc1cccc(NC(=O)N2CCN(c3ncccn3)CC2)c1. The predicted octanol–water partition coefficient (Wildman–Crippen LogP) is 1.20. The van der Waals surface area contributed by atoms with Gasteiger partial charge in [-0.05, 0) is 24.3 Å². The van der Waals surface area contributed by atoms with Crippen LogP contribution in [0, 0.1) is 0 Å². The van der Waals surface area contributed by atoms with Gasteiger partial charge in [0, 0.05) is 44.3 Å². The first-order valence-corrected chi connectivity index (χ1v) is 9.96. The lowest BCUT2D eigenvalue weighted by molar-refractivity contribution is 0.208. The molecule has 10 heteroatoms. The molecule has 26 heavy (non-hydrogen) atoms. The van der Waals surface area contributed by atoms with Crippen molar-refractivity contribution in [3.8, 4) is 0 Å². The molecule has 1 saturated heterocycles. The number of hydrogen-bond donors (Lipinski definition) is 2. The summed E-state index contributed by atoms with van der Waals surface area (Å²) in [6.45, 7) is 2.39. The zero-order valence-corrected chi connectivity index (χ0v) is 15.1. The minimum Gasteiger partial charge on any atom is -0.337 e. The van der Waals surface area contributed by atoms with Gasteiger partial charge < -0.3 is 15.1 Å². The molecule has 2 heterocycles. The molecule has 0 spiro atoms. The van der Waals surface area contributed by atoms with Crippen LogP contribution in [0.5, 0.6) is 0 Å². The van der Waals surface area contributed by atoms with Gasteiger partial charge in [-0.3, -0.25) is 4.72 Å². The van der Waals surface area contributed by atoms with E-state index in [-0.39, 0.29) is 6.03 Å². The number of sulfonamides is 1. The molecular weight excluding hydrogens is 356 g/mol. The fraction of sp³-hybridized carbons (Fsp3) is 0.312. The molecule has 0 atom stereocenters. The van der Waals surface area contributed by atoms with Crippen molar-refractivity contribution in [1.82, 2.24) is 14.9 Å². The number of piperazine rings is 1. The second-order valence-electron chi connectivity index (χ2n) is 5.91. The van der Waals surface area contributed by atoms with E-state index in [9.17, 15) is 13.2 Å². The molecule has 0 unspecified atom stereocenters. The third kappa shape index (κ3) is 4.82. The molecule has 138 valence electrons. The zero-order valence-electron chi connectivity index (χ0n) is 14.3. The van der Waals surface area contributed by atoms with Crippen LogP contribution < -0.4 is 14.9 Å². The van der Waals surface area contributed by atoms with Crippen molar-refractivity contribution in [2.45, 2.75) is 0 Å². The minimum absolute atomic E-state index is 0.227. The van der Waals surface area contributed by atoms with Gasteiger partial charge in [0.2, 0.25) is 16.0 Å². The van der Waals surface area contributed by atoms with Crippen molar-refractivity contribution in [3.63, 3.8) is 0 Å². The van der Waals surface area contributed by atoms with Gasteiger partial charge in [-0.15, -0.1) is 0 Å². The van der Waals surface area contributed by atoms with Crippen LogP contribution in [0.3, 0.4) is 0 Å². The summed E-state index contributed by atoms with van der Waals surface area (Å²) in [6.07, 6.45) is 4.46. The fourth-order valence-corrected chi connectivity index (χ4v) is 3.20. The zero-order chi connectivity index (χ0) is 18.6. The molecule has 1 aliphatic heterocycles. The second-order valence-corrected chi connectivity index (χ2v) is 7.66. The van der Waals surface area contributed by atoms with Gasteiger partial charge in [0.05, 0.1) is 11.9 Å². The van der Waals surface area contributed by atoms with E-state index < -0.39 is 10.0 Å². The Morgan fingerprint density at radius 2 is 1.69 bits per heavy atom. The van der Waals surface area contributed by atoms with Crippen molar-refractivity contribution in [2.75, 3.05) is 47.4 Å². The Kier molecular flexibility index (Phi) is 5.21. The molecule has 2 aromatic rings. The van der Waals surface area contributed by atoms with Gasteiger partial charge in [0.25, 0.3) is 0 Å². The van der Waals surface area contributed by atoms with Gasteiger partial charge in [0.15, 0.2) is 0 Å². The maximum Gasteiger partial charge on any atom is 0.321 e. The summed E-state index contributed by atoms with van der Waals surface area (Å²) in [7, 11) is -3.37. The van der Waals surface area contributed by atoms with E-state index in [2.05, 4.69) is 20.0 Å². The van der Waals surface area contributed by atoms with E-state index in [1.807, 2.05) is 4.90 Å². The number of benzene rings is 1. The number of urea groups is 1. The summed E-state index contributed by atoms with van der Waals surface area (Å²) in [5.41, 5.74) is 0.925. The van der Waals surface area contributed by atoms with Crippen LogP contribution in [-0.2, 0) is 10.0 Å². The summed E-state index contributed by atoms with van der Waals surface area (Å²) >= 11 is 0. The number of nitrogens with one attached hydrogen (secondary N) is 2. The summed E-state index contributed by atoms with van der Waals surface area (Å²) in [5, 5.41) is 2.79. The van der Waals surface area contributed by atoms with E-state index in [0.29, 0.717) is 43.5 Å². The van der Waals surface area contributed by atoms with Crippen LogP contribution in [0.1, 0.15) is 0 Å². The third-order valence-electron chi connectivity index (χ3n) is 3.82. The first kappa shape index (κ1) is 17.9. The molecule has 0 saturated carbocycles.